The molecular formula is C24H22F3NO4. The minimum Gasteiger partial charge on any atom is -0.487 e. The number of allylic oxidation sites excluding steroid dienone is 1. The molecule has 3 rings (SSSR count). The molecule has 168 valence electrons. The van der Waals surface area contributed by atoms with Crippen molar-refractivity contribution in [2.75, 3.05) is 6.61 Å². The van der Waals surface area contributed by atoms with Gasteiger partial charge in [-0.25, -0.2) is 9.78 Å². The molecule has 0 N–H and O–H groups in total. The second kappa shape index (κ2) is 9.72. The molecule has 0 unspecified atom stereocenters. The molecule has 0 bridgehead atoms. The van der Waals surface area contributed by atoms with E-state index in [-0.39, 0.29) is 12.5 Å². The number of alkyl halides is 3. The molecule has 5 nitrogen and oxygen atoms in total. The van der Waals surface area contributed by atoms with Crippen molar-refractivity contribution < 1.29 is 31.9 Å². The second-order valence-corrected chi connectivity index (χ2v) is 6.99. The van der Waals surface area contributed by atoms with Crippen molar-refractivity contribution in [2.24, 2.45) is 0 Å². The maximum absolute atomic E-state index is 12.7. The molecule has 0 aliphatic carbocycles. The molecule has 0 aliphatic heterocycles. The van der Waals surface area contributed by atoms with Crippen LogP contribution in [0.1, 0.15) is 36.4 Å². The van der Waals surface area contributed by atoms with Gasteiger partial charge in [-0.05, 0) is 68.3 Å². The normalized spacial score (nSPS) is 12.0. The number of hydrogen-bond acceptors (Lipinski definition) is 5. The van der Waals surface area contributed by atoms with E-state index in [0.717, 1.165) is 23.3 Å². The fourth-order valence-corrected chi connectivity index (χ4v) is 2.91. The molecule has 8 heteroatoms. The van der Waals surface area contributed by atoms with Crippen molar-refractivity contribution in [2.45, 2.75) is 33.6 Å². The lowest BCUT2D eigenvalue weighted by atomic mass is 10.1. The van der Waals surface area contributed by atoms with Crippen molar-refractivity contribution in [3.8, 4) is 17.2 Å². The van der Waals surface area contributed by atoms with Crippen molar-refractivity contribution in [1.29, 1.82) is 0 Å². The summed E-state index contributed by atoms with van der Waals surface area (Å²) < 4.78 is 54.6. The average Bonchev–Trinajstić information content (AvgIpc) is 3.12. The number of ether oxygens (including phenoxy) is 2. The van der Waals surface area contributed by atoms with Crippen molar-refractivity contribution in [1.82, 2.24) is 4.98 Å². The van der Waals surface area contributed by atoms with Gasteiger partial charge >= 0.3 is 12.1 Å². The standard InChI is InChI=1S/C24H22F3NO4/c1-4-30-22(29)12-15(2)18-6-5-7-20(13-18)31-14-21-16(3)32-23(28-21)17-8-10-19(11-9-17)24(25,26)27/h5-13H,4,14H2,1-3H3. The number of carbonyl (C=O) groups excluding carboxylic acids is 1. The molecule has 0 atom stereocenters. The van der Waals surface area contributed by atoms with Gasteiger partial charge in [0.1, 0.15) is 23.8 Å². The summed E-state index contributed by atoms with van der Waals surface area (Å²) in [5, 5.41) is 0. The molecule has 1 heterocycles. The first kappa shape index (κ1) is 23.1. The molecule has 0 aliphatic rings. The Morgan fingerprint density at radius 2 is 1.88 bits per heavy atom. The van der Waals surface area contributed by atoms with Crippen LogP contribution < -0.4 is 4.74 Å². The Morgan fingerprint density at radius 1 is 1.16 bits per heavy atom. The van der Waals surface area contributed by atoms with E-state index >= 15 is 0 Å². The number of carbonyl (C=O) groups is 1. The molecule has 0 fully saturated rings. The maximum Gasteiger partial charge on any atom is 0.416 e. The van der Waals surface area contributed by atoms with Gasteiger partial charge in [0.15, 0.2) is 0 Å². The zero-order valence-corrected chi connectivity index (χ0v) is 17.8. The number of halogens is 3. The molecule has 3 aromatic rings. The topological polar surface area (TPSA) is 61.6 Å². The van der Waals surface area contributed by atoms with E-state index in [9.17, 15) is 18.0 Å². The quantitative estimate of drug-likeness (QED) is 0.319. The zero-order chi connectivity index (χ0) is 23.3. The van der Waals surface area contributed by atoms with Crippen LogP contribution >= 0.6 is 0 Å². The molecular weight excluding hydrogens is 423 g/mol. The van der Waals surface area contributed by atoms with Gasteiger partial charge in [0, 0.05) is 11.6 Å². The summed E-state index contributed by atoms with van der Waals surface area (Å²) in [7, 11) is 0. The van der Waals surface area contributed by atoms with Crippen LogP contribution in [0.5, 0.6) is 5.75 Å². The Kier molecular flexibility index (Phi) is 7.02. The van der Waals surface area contributed by atoms with Gasteiger partial charge < -0.3 is 13.9 Å². The minimum absolute atomic E-state index is 0.111. The molecule has 0 radical (unpaired) electrons. The van der Waals surface area contributed by atoms with Gasteiger partial charge in [-0.15, -0.1) is 0 Å². The van der Waals surface area contributed by atoms with Gasteiger partial charge in [-0.3, -0.25) is 0 Å². The van der Waals surface area contributed by atoms with Crippen molar-refractivity contribution in [3.05, 3.63) is 77.2 Å². The smallest absolute Gasteiger partial charge is 0.416 e. The van der Waals surface area contributed by atoms with E-state index in [4.69, 9.17) is 13.9 Å². The predicted molar refractivity (Wildman–Crippen MR) is 113 cm³/mol. The van der Waals surface area contributed by atoms with E-state index in [1.807, 2.05) is 6.07 Å². The van der Waals surface area contributed by atoms with E-state index in [0.29, 0.717) is 29.4 Å². The van der Waals surface area contributed by atoms with Gasteiger partial charge in [0.25, 0.3) is 0 Å². The third kappa shape index (κ3) is 5.78. The van der Waals surface area contributed by atoms with Crippen LogP contribution in [0.25, 0.3) is 17.0 Å². The predicted octanol–water partition coefficient (Wildman–Crippen LogP) is 6.21. The number of esters is 1. The summed E-state index contributed by atoms with van der Waals surface area (Å²) in [6.07, 6.45) is -2.98. The molecule has 32 heavy (non-hydrogen) atoms. The fraction of sp³-hybridized carbons (Fsp3) is 0.250. The number of nitrogens with zero attached hydrogens (tertiary/aromatic N) is 1. The summed E-state index contributed by atoms with van der Waals surface area (Å²) in [5.74, 6) is 0.883. The third-order valence-electron chi connectivity index (χ3n) is 4.64. The average molecular weight is 445 g/mol. The number of oxazole rings is 1. The number of rotatable bonds is 7. The van der Waals surface area contributed by atoms with Crippen LogP contribution in [-0.2, 0) is 22.3 Å². The summed E-state index contributed by atoms with van der Waals surface area (Å²) in [6.45, 7) is 5.66. The monoisotopic (exact) mass is 445 g/mol. The minimum atomic E-state index is -4.40. The van der Waals surface area contributed by atoms with Crippen molar-refractivity contribution >= 4 is 11.5 Å². The molecule has 0 saturated heterocycles. The van der Waals surface area contributed by atoms with E-state index in [1.165, 1.54) is 18.2 Å². The molecule has 0 saturated carbocycles. The fourth-order valence-electron chi connectivity index (χ4n) is 2.91. The van der Waals surface area contributed by atoms with Gasteiger partial charge in [-0.1, -0.05) is 12.1 Å². The first-order chi connectivity index (χ1) is 15.2. The largest absolute Gasteiger partial charge is 0.487 e. The van der Waals surface area contributed by atoms with Crippen LogP contribution in [0, 0.1) is 6.92 Å². The highest BCUT2D eigenvalue weighted by Gasteiger charge is 2.30. The Labute approximate surface area is 183 Å². The third-order valence-corrected chi connectivity index (χ3v) is 4.64. The van der Waals surface area contributed by atoms with E-state index in [1.54, 1.807) is 39.0 Å². The Balaban J connectivity index is 1.71. The van der Waals surface area contributed by atoms with Gasteiger partial charge in [0.2, 0.25) is 5.89 Å². The highest BCUT2D eigenvalue weighted by Crippen LogP contribution is 2.31. The van der Waals surface area contributed by atoms with E-state index < -0.39 is 17.7 Å². The lowest BCUT2D eigenvalue weighted by Crippen LogP contribution is -2.04. The van der Waals surface area contributed by atoms with Gasteiger partial charge in [-0.2, -0.15) is 13.2 Å². The summed E-state index contributed by atoms with van der Waals surface area (Å²) in [4.78, 5) is 16.0. The maximum atomic E-state index is 12.7. The summed E-state index contributed by atoms with van der Waals surface area (Å²) in [6, 6.07) is 11.8. The van der Waals surface area contributed by atoms with Crippen molar-refractivity contribution in [3.63, 3.8) is 0 Å². The van der Waals surface area contributed by atoms with Crippen LogP contribution in [0.2, 0.25) is 0 Å². The highest BCUT2D eigenvalue weighted by atomic mass is 19.4. The highest BCUT2D eigenvalue weighted by molar-refractivity contribution is 5.91. The Bertz CT molecular complexity index is 1120. The lowest BCUT2D eigenvalue weighted by Gasteiger charge is -2.08. The number of aryl methyl sites for hydroxylation is 1. The molecule has 2 aromatic carbocycles. The number of aromatic nitrogens is 1. The molecule has 1 aromatic heterocycles. The van der Waals surface area contributed by atoms with E-state index in [2.05, 4.69) is 4.98 Å². The summed E-state index contributed by atoms with van der Waals surface area (Å²) >= 11 is 0. The Morgan fingerprint density at radius 3 is 2.53 bits per heavy atom. The zero-order valence-electron chi connectivity index (χ0n) is 17.8. The van der Waals surface area contributed by atoms with Crippen LogP contribution in [0.15, 0.2) is 59.0 Å². The van der Waals surface area contributed by atoms with Crippen LogP contribution in [0.3, 0.4) is 0 Å². The summed E-state index contributed by atoms with van der Waals surface area (Å²) in [5.41, 5.74) is 1.77. The Hall–Kier alpha value is -3.55. The molecule has 0 amide bonds. The SMILES string of the molecule is CCOC(=O)C=C(C)c1cccc(OCc2nc(-c3ccc(C(F)(F)F)cc3)oc2C)c1. The second-order valence-electron chi connectivity index (χ2n) is 6.99. The van der Waals surface area contributed by atoms with Gasteiger partial charge in [0.05, 0.1) is 12.2 Å². The first-order valence-corrected chi connectivity index (χ1v) is 9.89. The number of hydrogen-bond donors (Lipinski definition) is 0. The molecule has 0 spiro atoms. The first-order valence-electron chi connectivity index (χ1n) is 9.89. The lowest BCUT2D eigenvalue weighted by molar-refractivity contribution is -0.138. The van der Waals surface area contributed by atoms with Crippen LogP contribution in [-0.4, -0.2) is 17.6 Å². The number of benzene rings is 2. The van der Waals surface area contributed by atoms with Crippen LogP contribution in [0.4, 0.5) is 13.2 Å².